The number of piperidine rings is 1. The summed E-state index contributed by atoms with van der Waals surface area (Å²) in [7, 11) is 0. The van der Waals surface area contributed by atoms with Gasteiger partial charge in [0.1, 0.15) is 11.5 Å². The van der Waals surface area contributed by atoms with Crippen molar-refractivity contribution in [3.63, 3.8) is 0 Å². The second kappa shape index (κ2) is 7.16. The molecule has 3 rings (SSSR count). The number of nitrogens with one attached hydrogen (secondary N) is 1. The van der Waals surface area contributed by atoms with Crippen molar-refractivity contribution >= 4 is 11.8 Å². The molecule has 2 heterocycles. The van der Waals surface area contributed by atoms with E-state index in [1.165, 1.54) is 30.7 Å². The van der Waals surface area contributed by atoms with Gasteiger partial charge in [0.05, 0.1) is 11.8 Å². The van der Waals surface area contributed by atoms with Crippen LogP contribution in [0.25, 0.3) is 0 Å². The highest BCUT2D eigenvalue weighted by Gasteiger charge is 2.26. The Hall–Kier alpha value is -2.83. The Labute approximate surface area is 138 Å². The predicted molar refractivity (Wildman–Crippen MR) is 84.8 cm³/mol. The highest BCUT2D eigenvalue weighted by Crippen LogP contribution is 2.14. The van der Waals surface area contributed by atoms with Gasteiger partial charge >= 0.3 is 0 Å². The lowest BCUT2D eigenvalue weighted by atomic mass is 10.0. The molecule has 2 amide bonds. The van der Waals surface area contributed by atoms with Crippen LogP contribution in [0.3, 0.4) is 0 Å². The molecule has 0 aliphatic carbocycles. The third-order valence-electron chi connectivity index (χ3n) is 4.02. The van der Waals surface area contributed by atoms with Crippen molar-refractivity contribution in [2.24, 2.45) is 0 Å². The van der Waals surface area contributed by atoms with Gasteiger partial charge in [-0.15, -0.1) is 0 Å². The molecule has 124 valence electrons. The number of nitrogens with zero attached hydrogens (tertiary/aromatic N) is 3. The van der Waals surface area contributed by atoms with Gasteiger partial charge in [-0.1, -0.05) is 12.1 Å². The zero-order valence-corrected chi connectivity index (χ0v) is 13.0. The fraction of sp³-hybridized carbons (Fsp3) is 0.294. The van der Waals surface area contributed by atoms with Crippen LogP contribution >= 0.6 is 0 Å². The van der Waals surface area contributed by atoms with Crippen molar-refractivity contribution in [3.8, 4) is 0 Å². The molecule has 1 aromatic heterocycles. The number of rotatable bonds is 3. The fourth-order valence-electron chi connectivity index (χ4n) is 2.71. The van der Waals surface area contributed by atoms with Crippen molar-refractivity contribution in [1.29, 1.82) is 0 Å². The van der Waals surface area contributed by atoms with Crippen LogP contribution in [0.1, 0.15) is 33.7 Å². The van der Waals surface area contributed by atoms with E-state index in [4.69, 9.17) is 0 Å². The molecule has 1 aliphatic rings. The van der Waals surface area contributed by atoms with E-state index in [-0.39, 0.29) is 17.5 Å². The van der Waals surface area contributed by atoms with Crippen LogP contribution in [0.5, 0.6) is 0 Å². The number of carbonyl (C=O) groups excluding carboxylic acids is 2. The molecule has 0 saturated carbocycles. The summed E-state index contributed by atoms with van der Waals surface area (Å²) in [5, 5.41) is 2.83. The minimum Gasteiger partial charge on any atom is -0.349 e. The van der Waals surface area contributed by atoms with Crippen LogP contribution in [0.15, 0.2) is 42.9 Å². The summed E-state index contributed by atoms with van der Waals surface area (Å²) in [5.41, 5.74) is 0.349. The molecule has 0 atom stereocenters. The molecule has 0 bridgehead atoms. The minimum atomic E-state index is -0.537. The molecule has 1 aromatic carbocycles. The molecule has 0 unspecified atom stereocenters. The van der Waals surface area contributed by atoms with Crippen LogP contribution in [-0.2, 0) is 0 Å². The Balaban J connectivity index is 1.55. The van der Waals surface area contributed by atoms with Gasteiger partial charge in [-0.05, 0) is 25.0 Å². The topological polar surface area (TPSA) is 75.2 Å². The maximum absolute atomic E-state index is 13.6. The van der Waals surface area contributed by atoms with E-state index in [1.54, 1.807) is 17.0 Å². The molecule has 7 heteroatoms. The first-order valence-electron chi connectivity index (χ1n) is 7.76. The molecular weight excluding hydrogens is 311 g/mol. The number of aromatic nitrogens is 2. The number of hydrogen-bond acceptors (Lipinski definition) is 4. The van der Waals surface area contributed by atoms with Crippen LogP contribution in [0.2, 0.25) is 0 Å². The predicted octanol–water partition coefficient (Wildman–Crippen LogP) is 1.65. The van der Waals surface area contributed by atoms with E-state index in [2.05, 4.69) is 15.3 Å². The average molecular weight is 328 g/mol. The van der Waals surface area contributed by atoms with Crippen molar-refractivity contribution in [3.05, 3.63) is 59.9 Å². The smallest absolute Gasteiger partial charge is 0.274 e. The first-order valence-corrected chi connectivity index (χ1v) is 7.76. The normalized spacial score (nSPS) is 15.1. The van der Waals surface area contributed by atoms with Gasteiger partial charge in [0, 0.05) is 31.5 Å². The van der Waals surface area contributed by atoms with E-state index in [9.17, 15) is 14.0 Å². The lowest BCUT2D eigenvalue weighted by Crippen LogP contribution is -2.46. The maximum Gasteiger partial charge on any atom is 0.274 e. The van der Waals surface area contributed by atoms with Crippen molar-refractivity contribution in [2.75, 3.05) is 13.1 Å². The summed E-state index contributed by atoms with van der Waals surface area (Å²) in [6, 6.07) is 5.81. The number of halogens is 1. The Morgan fingerprint density at radius 2 is 1.92 bits per heavy atom. The zero-order chi connectivity index (χ0) is 16.9. The first kappa shape index (κ1) is 16.0. The highest BCUT2D eigenvalue weighted by atomic mass is 19.1. The van der Waals surface area contributed by atoms with E-state index in [0.717, 1.165) is 0 Å². The maximum atomic E-state index is 13.6. The third-order valence-corrected chi connectivity index (χ3v) is 4.02. The van der Waals surface area contributed by atoms with Crippen LogP contribution in [-0.4, -0.2) is 45.8 Å². The molecule has 1 saturated heterocycles. The van der Waals surface area contributed by atoms with Crippen LogP contribution in [0, 0.1) is 5.82 Å². The number of benzene rings is 1. The minimum absolute atomic E-state index is 0.0376. The highest BCUT2D eigenvalue weighted by molar-refractivity contribution is 5.94. The molecule has 0 radical (unpaired) electrons. The Morgan fingerprint density at radius 1 is 1.17 bits per heavy atom. The Morgan fingerprint density at radius 3 is 2.58 bits per heavy atom. The lowest BCUT2D eigenvalue weighted by molar-refractivity contribution is 0.0691. The van der Waals surface area contributed by atoms with E-state index < -0.39 is 11.7 Å². The summed E-state index contributed by atoms with van der Waals surface area (Å²) in [6.45, 7) is 1.02. The molecule has 1 aliphatic heterocycles. The molecule has 0 spiro atoms. The molecule has 2 aromatic rings. The van der Waals surface area contributed by atoms with Crippen molar-refractivity contribution in [1.82, 2.24) is 20.2 Å². The number of carbonyl (C=O) groups is 2. The van der Waals surface area contributed by atoms with Crippen molar-refractivity contribution in [2.45, 2.75) is 18.9 Å². The fourth-order valence-corrected chi connectivity index (χ4v) is 2.71. The van der Waals surface area contributed by atoms with Gasteiger partial charge in [-0.2, -0.15) is 0 Å². The quantitative estimate of drug-likeness (QED) is 0.930. The standard InChI is InChI=1S/C17H17FN4O2/c18-14-4-2-1-3-13(14)16(23)21-12-5-9-22(10-6-12)17(24)15-11-19-7-8-20-15/h1-4,7-8,11-12H,5-6,9-10H2,(H,21,23). The van der Waals surface area contributed by atoms with E-state index in [0.29, 0.717) is 31.6 Å². The van der Waals surface area contributed by atoms with E-state index in [1.807, 2.05) is 0 Å². The molecule has 6 nitrogen and oxygen atoms in total. The summed E-state index contributed by atoms with van der Waals surface area (Å²) < 4.78 is 13.6. The summed E-state index contributed by atoms with van der Waals surface area (Å²) >= 11 is 0. The Bertz CT molecular complexity index is 730. The summed E-state index contributed by atoms with van der Waals surface area (Å²) in [6.07, 6.45) is 5.67. The number of amides is 2. The second-order valence-electron chi connectivity index (χ2n) is 5.61. The average Bonchev–Trinajstić information content (AvgIpc) is 2.63. The van der Waals surface area contributed by atoms with Crippen LogP contribution in [0.4, 0.5) is 4.39 Å². The van der Waals surface area contributed by atoms with Gasteiger partial charge in [0.25, 0.3) is 11.8 Å². The third kappa shape index (κ3) is 3.56. The van der Waals surface area contributed by atoms with E-state index >= 15 is 0 Å². The summed E-state index contributed by atoms with van der Waals surface area (Å²) in [5.74, 6) is -1.13. The molecule has 1 fully saturated rings. The van der Waals surface area contributed by atoms with Gasteiger partial charge in [-0.25, -0.2) is 9.37 Å². The van der Waals surface area contributed by atoms with Crippen LogP contribution < -0.4 is 5.32 Å². The second-order valence-corrected chi connectivity index (χ2v) is 5.61. The zero-order valence-electron chi connectivity index (χ0n) is 13.0. The molecular formula is C17H17FN4O2. The monoisotopic (exact) mass is 328 g/mol. The lowest BCUT2D eigenvalue weighted by Gasteiger charge is -2.32. The largest absolute Gasteiger partial charge is 0.349 e. The summed E-state index contributed by atoms with van der Waals surface area (Å²) in [4.78, 5) is 34.0. The number of hydrogen-bond donors (Lipinski definition) is 1. The SMILES string of the molecule is O=C(NC1CCN(C(=O)c2cnccn2)CC1)c1ccccc1F. The molecule has 24 heavy (non-hydrogen) atoms. The van der Waals surface area contributed by atoms with Gasteiger partial charge in [0.15, 0.2) is 0 Å². The van der Waals surface area contributed by atoms with Gasteiger partial charge < -0.3 is 10.2 Å². The molecule has 1 N–H and O–H groups in total. The van der Waals surface area contributed by atoms with Crippen molar-refractivity contribution < 1.29 is 14.0 Å². The van der Waals surface area contributed by atoms with Gasteiger partial charge in [-0.3, -0.25) is 14.6 Å². The Kier molecular flexibility index (Phi) is 4.79. The first-order chi connectivity index (χ1) is 11.6. The van der Waals surface area contributed by atoms with Gasteiger partial charge in [0.2, 0.25) is 0 Å². The number of likely N-dealkylation sites (tertiary alicyclic amines) is 1.